The second kappa shape index (κ2) is 8.84. The van der Waals surface area contributed by atoms with E-state index in [0.29, 0.717) is 25.9 Å². The molecule has 150 valence electrons. The molecule has 8 heteroatoms. The monoisotopic (exact) mass is 395 g/mol. The summed E-state index contributed by atoms with van der Waals surface area (Å²) in [5.74, 6) is -0.731. The summed E-state index contributed by atoms with van der Waals surface area (Å²) in [5.41, 5.74) is 0.405. The Kier molecular flexibility index (Phi) is 7.00. The van der Waals surface area contributed by atoms with Crippen molar-refractivity contribution in [3.63, 3.8) is 0 Å². The molecule has 1 heterocycles. The standard InChI is InChI=1S/C19H29N3O4S/c1-19(2,3)21-17(23)13-20-18(24)16-9-11-22(12-10-16)27(25,26)14-15-7-5-4-6-8-15/h4-8,16H,9-14H2,1-3H3,(H,20,24)(H,21,23). The van der Waals surface area contributed by atoms with Crippen molar-refractivity contribution in [1.29, 1.82) is 0 Å². The third-order valence-corrected chi connectivity index (χ3v) is 6.20. The summed E-state index contributed by atoms with van der Waals surface area (Å²) in [6.07, 6.45) is 0.918. The smallest absolute Gasteiger partial charge is 0.239 e. The van der Waals surface area contributed by atoms with Gasteiger partial charge in [0.1, 0.15) is 0 Å². The van der Waals surface area contributed by atoms with Gasteiger partial charge in [-0.25, -0.2) is 12.7 Å². The van der Waals surface area contributed by atoms with Crippen LogP contribution in [-0.2, 0) is 25.4 Å². The van der Waals surface area contributed by atoms with E-state index in [1.54, 1.807) is 12.1 Å². The van der Waals surface area contributed by atoms with Gasteiger partial charge >= 0.3 is 0 Å². The lowest BCUT2D eigenvalue weighted by Crippen LogP contribution is -2.48. The number of nitrogens with one attached hydrogen (secondary N) is 2. The van der Waals surface area contributed by atoms with Crippen LogP contribution in [0.2, 0.25) is 0 Å². The summed E-state index contributed by atoms with van der Waals surface area (Å²) in [6, 6.07) is 9.07. The molecule has 1 aliphatic heterocycles. The molecular formula is C19H29N3O4S. The predicted molar refractivity (Wildman–Crippen MR) is 104 cm³/mol. The number of sulfonamides is 1. The van der Waals surface area contributed by atoms with Gasteiger partial charge < -0.3 is 10.6 Å². The molecule has 27 heavy (non-hydrogen) atoms. The molecule has 1 aromatic rings. The Labute approximate surface area is 161 Å². The Morgan fingerprint density at radius 1 is 1.11 bits per heavy atom. The highest BCUT2D eigenvalue weighted by Crippen LogP contribution is 2.21. The Hall–Kier alpha value is -1.93. The van der Waals surface area contributed by atoms with Crippen LogP contribution in [0.25, 0.3) is 0 Å². The van der Waals surface area contributed by atoms with Crippen LogP contribution in [0.4, 0.5) is 0 Å². The van der Waals surface area contributed by atoms with Crippen molar-refractivity contribution in [3.05, 3.63) is 35.9 Å². The molecule has 1 fully saturated rings. The van der Waals surface area contributed by atoms with Crippen LogP contribution in [0.15, 0.2) is 30.3 Å². The van der Waals surface area contributed by atoms with Crippen molar-refractivity contribution in [2.24, 2.45) is 5.92 Å². The zero-order valence-electron chi connectivity index (χ0n) is 16.2. The number of hydrogen-bond donors (Lipinski definition) is 2. The maximum absolute atomic E-state index is 12.6. The van der Waals surface area contributed by atoms with Crippen LogP contribution in [-0.4, -0.2) is 49.7 Å². The average molecular weight is 396 g/mol. The highest BCUT2D eigenvalue weighted by Gasteiger charge is 2.31. The molecule has 1 saturated heterocycles. The van der Waals surface area contributed by atoms with Gasteiger partial charge in [0.05, 0.1) is 12.3 Å². The van der Waals surface area contributed by atoms with Crippen molar-refractivity contribution in [1.82, 2.24) is 14.9 Å². The van der Waals surface area contributed by atoms with Crippen LogP contribution >= 0.6 is 0 Å². The molecule has 0 aliphatic carbocycles. The zero-order valence-corrected chi connectivity index (χ0v) is 17.0. The van der Waals surface area contributed by atoms with Crippen LogP contribution in [0, 0.1) is 5.92 Å². The van der Waals surface area contributed by atoms with Gasteiger partial charge in [-0.3, -0.25) is 9.59 Å². The quantitative estimate of drug-likeness (QED) is 0.758. The number of hydrogen-bond acceptors (Lipinski definition) is 4. The molecule has 0 atom stereocenters. The number of carbonyl (C=O) groups excluding carboxylic acids is 2. The van der Waals surface area contributed by atoms with Crippen molar-refractivity contribution in [2.75, 3.05) is 19.6 Å². The summed E-state index contributed by atoms with van der Waals surface area (Å²) in [6.45, 7) is 6.19. The van der Waals surface area contributed by atoms with Crippen LogP contribution in [0.1, 0.15) is 39.2 Å². The molecule has 1 aliphatic rings. The average Bonchev–Trinajstić information content (AvgIpc) is 2.59. The van der Waals surface area contributed by atoms with E-state index >= 15 is 0 Å². The van der Waals surface area contributed by atoms with Gasteiger partial charge in [-0.1, -0.05) is 30.3 Å². The second-order valence-electron chi connectivity index (χ2n) is 7.93. The minimum atomic E-state index is -3.39. The van der Waals surface area contributed by atoms with Gasteiger partial charge in [-0.2, -0.15) is 0 Å². The number of rotatable bonds is 6. The first kappa shape index (κ1) is 21.4. The van der Waals surface area contributed by atoms with Crippen molar-refractivity contribution in [3.8, 4) is 0 Å². The summed E-state index contributed by atoms with van der Waals surface area (Å²) in [5, 5.41) is 5.44. The molecule has 7 nitrogen and oxygen atoms in total. The fourth-order valence-corrected chi connectivity index (χ4v) is 4.61. The molecule has 1 aromatic carbocycles. The van der Waals surface area contributed by atoms with E-state index in [4.69, 9.17) is 0 Å². The second-order valence-corrected chi connectivity index (χ2v) is 9.90. The largest absolute Gasteiger partial charge is 0.350 e. The molecule has 2 N–H and O–H groups in total. The molecule has 0 unspecified atom stereocenters. The Morgan fingerprint density at radius 3 is 2.26 bits per heavy atom. The molecule has 0 bridgehead atoms. The first-order valence-corrected chi connectivity index (χ1v) is 10.8. The van der Waals surface area contributed by atoms with Crippen LogP contribution in [0.3, 0.4) is 0 Å². The Bertz CT molecular complexity index is 749. The van der Waals surface area contributed by atoms with E-state index in [2.05, 4.69) is 10.6 Å². The number of nitrogens with zero attached hydrogens (tertiary/aromatic N) is 1. The van der Waals surface area contributed by atoms with Gasteiger partial charge in [0.25, 0.3) is 0 Å². The Balaban J connectivity index is 1.80. The third kappa shape index (κ3) is 6.95. The highest BCUT2D eigenvalue weighted by atomic mass is 32.2. The lowest BCUT2D eigenvalue weighted by Gasteiger charge is -2.30. The van der Waals surface area contributed by atoms with Gasteiger partial charge in [0, 0.05) is 24.5 Å². The molecular weight excluding hydrogens is 366 g/mol. The fourth-order valence-electron chi connectivity index (χ4n) is 3.05. The first-order chi connectivity index (χ1) is 12.6. The van der Waals surface area contributed by atoms with E-state index < -0.39 is 10.0 Å². The summed E-state index contributed by atoms with van der Waals surface area (Å²) in [7, 11) is -3.39. The first-order valence-electron chi connectivity index (χ1n) is 9.17. The molecule has 2 rings (SSSR count). The minimum Gasteiger partial charge on any atom is -0.350 e. The SMILES string of the molecule is CC(C)(C)NC(=O)CNC(=O)C1CCN(S(=O)(=O)Cc2ccccc2)CC1. The zero-order chi connectivity index (χ0) is 20.1. The number of amides is 2. The lowest BCUT2D eigenvalue weighted by atomic mass is 9.97. The molecule has 0 radical (unpaired) electrons. The maximum atomic E-state index is 12.6. The van der Waals surface area contributed by atoms with Crippen LogP contribution in [0.5, 0.6) is 0 Å². The summed E-state index contributed by atoms with van der Waals surface area (Å²) < 4.78 is 26.6. The lowest BCUT2D eigenvalue weighted by molar-refractivity contribution is -0.129. The highest BCUT2D eigenvalue weighted by molar-refractivity contribution is 7.88. The Morgan fingerprint density at radius 2 is 1.70 bits per heavy atom. The van der Waals surface area contributed by atoms with E-state index in [1.807, 2.05) is 39.0 Å². The van der Waals surface area contributed by atoms with Gasteiger partial charge in [-0.15, -0.1) is 0 Å². The molecule has 0 saturated carbocycles. The fraction of sp³-hybridized carbons (Fsp3) is 0.579. The van der Waals surface area contributed by atoms with Crippen molar-refractivity contribution < 1.29 is 18.0 Å². The maximum Gasteiger partial charge on any atom is 0.239 e. The van der Waals surface area contributed by atoms with Crippen LogP contribution < -0.4 is 10.6 Å². The van der Waals surface area contributed by atoms with Gasteiger partial charge in [-0.05, 0) is 39.2 Å². The van der Waals surface area contributed by atoms with E-state index in [-0.39, 0.29) is 35.6 Å². The van der Waals surface area contributed by atoms with E-state index in [9.17, 15) is 18.0 Å². The topological polar surface area (TPSA) is 95.6 Å². The summed E-state index contributed by atoms with van der Waals surface area (Å²) >= 11 is 0. The van der Waals surface area contributed by atoms with E-state index in [0.717, 1.165) is 5.56 Å². The number of benzene rings is 1. The van der Waals surface area contributed by atoms with Gasteiger partial charge in [0.2, 0.25) is 21.8 Å². The molecule has 0 spiro atoms. The minimum absolute atomic E-state index is 0.0301. The normalized spacial score (nSPS) is 16.7. The predicted octanol–water partition coefficient (Wildman–Crippen LogP) is 1.26. The third-order valence-electron chi connectivity index (χ3n) is 4.35. The van der Waals surface area contributed by atoms with Gasteiger partial charge in [0.15, 0.2) is 0 Å². The molecule has 2 amide bonds. The van der Waals surface area contributed by atoms with Crippen molar-refractivity contribution >= 4 is 21.8 Å². The number of carbonyl (C=O) groups is 2. The van der Waals surface area contributed by atoms with E-state index in [1.165, 1.54) is 4.31 Å². The van der Waals surface area contributed by atoms with Crippen molar-refractivity contribution in [2.45, 2.75) is 44.9 Å². The number of piperidine rings is 1. The summed E-state index contributed by atoms with van der Waals surface area (Å²) in [4.78, 5) is 24.0. The molecule has 0 aromatic heterocycles.